The number of methoxy groups -OCH3 is 3. The average Bonchev–Trinajstić information content (AvgIpc) is 3.52. The van der Waals surface area contributed by atoms with Gasteiger partial charge in [-0.15, -0.1) is 10.2 Å². The monoisotopic (exact) mass is 463 g/mol. The van der Waals surface area contributed by atoms with Gasteiger partial charge >= 0.3 is 6.09 Å². The van der Waals surface area contributed by atoms with E-state index in [4.69, 9.17) is 14.2 Å². The average molecular weight is 463 g/mol. The first-order valence-corrected chi connectivity index (χ1v) is 10.5. The highest BCUT2D eigenvalue weighted by molar-refractivity contribution is 5.85. The zero-order valence-corrected chi connectivity index (χ0v) is 19.2. The lowest BCUT2D eigenvalue weighted by atomic mass is 10.2. The van der Waals surface area contributed by atoms with E-state index in [9.17, 15) is 4.79 Å². The lowest BCUT2D eigenvalue weighted by Crippen LogP contribution is -2.30. The number of para-hydroxylation sites is 1. The Morgan fingerprint density at radius 1 is 0.882 bits per heavy atom. The normalized spacial score (nSPS) is 10.7. The van der Waals surface area contributed by atoms with Crippen molar-refractivity contribution in [3.8, 4) is 11.5 Å². The van der Waals surface area contributed by atoms with Crippen molar-refractivity contribution in [2.24, 2.45) is 0 Å². The first kappa shape index (κ1) is 22.8. The largest absolute Gasteiger partial charge is 0.497 e. The number of ether oxygens (including phenoxy) is 3. The number of hydrogen-bond acceptors (Lipinski definition) is 8. The van der Waals surface area contributed by atoms with Crippen molar-refractivity contribution in [2.75, 3.05) is 26.2 Å². The molecule has 0 aliphatic rings. The first-order chi connectivity index (χ1) is 16.6. The highest BCUT2D eigenvalue weighted by Gasteiger charge is 2.22. The number of hydrogen-bond donors (Lipinski definition) is 0. The fourth-order valence-corrected chi connectivity index (χ4v) is 3.41. The van der Waals surface area contributed by atoms with Crippen LogP contribution in [0.2, 0.25) is 0 Å². The van der Waals surface area contributed by atoms with Gasteiger partial charge in [-0.1, -0.05) is 40.8 Å². The van der Waals surface area contributed by atoms with E-state index in [-0.39, 0.29) is 6.54 Å². The van der Waals surface area contributed by atoms with Crippen molar-refractivity contribution < 1.29 is 19.0 Å². The maximum atomic E-state index is 12.5. The molecular formula is C23H25N7O4. The Morgan fingerprint density at radius 3 is 2.35 bits per heavy atom. The lowest BCUT2D eigenvalue weighted by molar-refractivity contribution is 0.178. The van der Waals surface area contributed by atoms with Crippen LogP contribution < -0.4 is 14.4 Å². The molecular weight excluding hydrogens is 438 g/mol. The summed E-state index contributed by atoms with van der Waals surface area (Å²) in [7, 11) is 4.56. The number of nitrogens with zero attached hydrogens (tertiary/aromatic N) is 7. The number of carbonyl (C=O) groups is 1. The Bertz CT molecular complexity index is 1240. The summed E-state index contributed by atoms with van der Waals surface area (Å²) in [6, 6.07) is 15.3. The van der Waals surface area contributed by atoms with Gasteiger partial charge in [0.1, 0.15) is 17.2 Å². The van der Waals surface area contributed by atoms with Crippen LogP contribution in [0.4, 0.5) is 10.6 Å². The van der Waals surface area contributed by atoms with Crippen LogP contribution in [0.15, 0.2) is 60.9 Å². The predicted octanol–water partition coefficient (Wildman–Crippen LogP) is 2.76. The highest BCUT2D eigenvalue weighted by atomic mass is 16.5. The van der Waals surface area contributed by atoms with Gasteiger partial charge in [0.2, 0.25) is 0 Å². The molecule has 0 unspecified atom stereocenters. The summed E-state index contributed by atoms with van der Waals surface area (Å²) in [5, 5.41) is 16.7. The van der Waals surface area contributed by atoms with Crippen LogP contribution in [-0.2, 0) is 24.4 Å². The second kappa shape index (κ2) is 10.5. The third kappa shape index (κ3) is 5.31. The summed E-state index contributed by atoms with van der Waals surface area (Å²) in [5.74, 6) is 1.87. The Labute approximate surface area is 196 Å². The quantitative estimate of drug-likeness (QED) is 0.373. The predicted molar refractivity (Wildman–Crippen MR) is 123 cm³/mol. The van der Waals surface area contributed by atoms with Crippen molar-refractivity contribution in [3.05, 3.63) is 77.7 Å². The second-order valence-corrected chi connectivity index (χ2v) is 7.40. The molecule has 0 spiro atoms. The summed E-state index contributed by atoms with van der Waals surface area (Å²) in [4.78, 5) is 13.8. The van der Waals surface area contributed by atoms with Gasteiger partial charge in [0.15, 0.2) is 5.82 Å². The van der Waals surface area contributed by atoms with E-state index in [0.717, 1.165) is 22.6 Å². The third-order valence-corrected chi connectivity index (χ3v) is 5.13. The zero-order chi connectivity index (χ0) is 23.9. The van der Waals surface area contributed by atoms with E-state index in [1.54, 1.807) is 36.0 Å². The molecule has 0 bridgehead atoms. The molecule has 0 radical (unpaired) electrons. The van der Waals surface area contributed by atoms with E-state index in [1.165, 1.54) is 12.0 Å². The molecule has 0 saturated carbocycles. The maximum Gasteiger partial charge on any atom is 0.415 e. The summed E-state index contributed by atoms with van der Waals surface area (Å²) in [5.41, 5.74) is 2.56. The SMILES string of the molecule is COC(=O)N(Cc1cn(Cc2ccc(OC)cc2)nn1)c1cn(Cc2ccccc2OC)nn1. The molecule has 0 aliphatic heterocycles. The highest BCUT2D eigenvalue weighted by Crippen LogP contribution is 2.20. The van der Waals surface area contributed by atoms with Gasteiger partial charge in [0.25, 0.3) is 0 Å². The van der Waals surface area contributed by atoms with Crippen molar-refractivity contribution >= 4 is 11.9 Å². The van der Waals surface area contributed by atoms with Gasteiger partial charge in [-0.2, -0.15) is 0 Å². The topological polar surface area (TPSA) is 109 Å². The van der Waals surface area contributed by atoms with Crippen molar-refractivity contribution in [3.63, 3.8) is 0 Å². The van der Waals surface area contributed by atoms with Gasteiger partial charge in [-0.25, -0.2) is 14.2 Å². The first-order valence-electron chi connectivity index (χ1n) is 10.5. The van der Waals surface area contributed by atoms with Gasteiger partial charge in [-0.3, -0.25) is 4.90 Å². The maximum absolute atomic E-state index is 12.5. The molecule has 0 atom stereocenters. The molecule has 11 nitrogen and oxygen atoms in total. The van der Waals surface area contributed by atoms with Crippen LogP contribution in [0.25, 0.3) is 0 Å². The Balaban J connectivity index is 1.47. The van der Waals surface area contributed by atoms with Crippen LogP contribution in [0.5, 0.6) is 11.5 Å². The van der Waals surface area contributed by atoms with E-state index >= 15 is 0 Å². The molecule has 4 aromatic rings. The fraction of sp³-hybridized carbons (Fsp3) is 0.261. The Kier molecular flexibility index (Phi) is 7.01. The molecule has 176 valence electrons. The van der Waals surface area contributed by atoms with Crippen LogP contribution in [0, 0.1) is 0 Å². The summed E-state index contributed by atoms with van der Waals surface area (Å²) in [6.07, 6.45) is 2.87. The summed E-state index contributed by atoms with van der Waals surface area (Å²) in [6.45, 7) is 1.09. The minimum atomic E-state index is -0.575. The van der Waals surface area contributed by atoms with E-state index in [2.05, 4.69) is 20.6 Å². The molecule has 2 aromatic heterocycles. The number of carbonyl (C=O) groups excluding carboxylic acids is 1. The van der Waals surface area contributed by atoms with Gasteiger partial charge in [0.05, 0.1) is 53.4 Å². The zero-order valence-electron chi connectivity index (χ0n) is 19.2. The molecule has 0 fully saturated rings. The number of aromatic nitrogens is 6. The second-order valence-electron chi connectivity index (χ2n) is 7.40. The fourth-order valence-electron chi connectivity index (χ4n) is 3.41. The van der Waals surface area contributed by atoms with E-state index < -0.39 is 6.09 Å². The number of benzene rings is 2. The van der Waals surface area contributed by atoms with Crippen molar-refractivity contribution in [2.45, 2.75) is 19.6 Å². The van der Waals surface area contributed by atoms with E-state index in [0.29, 0.717) is 24.6 Å². The van der Waals surface area contributed by atoms with Gasteiger partial charge in [0, 0.05) is 5.56 Å². The standard InChI is InChI=1S/C23H25N7O4/c1-32-20-10-8-17(9-11-20)12-28-14-19(24-26-28)15-30(23(31)34-3)22-16-29(27-25-22)13-18-6-4-5-7-21(18)33-2/h4-11,14,16H,12-13,15H2,1-3H3. The molecule has 34 heavy (non-hydrogen) atoms. The molecule has 4 rings (SSSR count). The van der Waals surface area contributed by atoms with Crippen LogP contribution in [0.3, 0.4) is 0 Å². The molecule has 11 heteroatoms. The molecule has 0 N–H and O–H groups in total. The van der Waals surface area contributed by atoms with Crippen LogP contribution in [-0.4, -0.2) is 57.4 Å². The summed E-state index contributed by atoms with van der Waals surface area (Å²) < 4.78 is 18.9. The smallest absolute Gasteiger partial charge is 0.415 e. The Morgan fingerprint density at radius 2 is 1.62 bits per heavy atom. The van der Waals surface area contributed by atoms with Crippen LogP contribution in [0.1, 0.15) is 16.8 Å². The minimum Gasteiger partial charge on any atom is -0.497 e. The molecule has 0 aliphatic carbocycles. The molecule has 1 amide bonds. The number of amides is 1. The van der Waals surface area contributed by atoms with Crippen molar-refractivity contribution in [1.29, 1.82) is 0 Å². The van der Waals surface area contributed by atoms with Gasteiger partial charge < -0.3 is 14.2 Å². The Hall–Kier alpha value is -4.41. The number of rotatable bonds is 9. The minimum absolute atomic E-state index is 0.128. The molecule has 2 heterocycles. The van der Waals surface area contributed by atoms with E-state index in [1.807, 2.05) is 48.5 Å². The summed E-state index contributed by atoms with van der Waals surface area (Å²) >= 11 is 0. The molecule has 2 aromatic carbocycles. The van der Waals surface area contributed by atoms with Gasteiger partial charge in [-0.05, 0) is 23.8 Å². The van der Waals surface area contributed by atoms with Crippen molar-refractivity contribution in [1.82, 2.24) is 30.0 Å². The lowest BCUT2D eigenvalue weighted by Gasteiger charge is -2.16. The molecule has 0 saturated heterocycles. The third-order valence-electron chi connectivity index (χ3n) is 5.13. The van der Waals surface area contributed by atoms with Crippen LogP contribution >= 0.6 is 0 Å². The number of anilines is 1.